The van der Waals surface area contributed by atoms with E-state index in [4.69, 9.17) is 4.74 Å². The van der Waals surface area contributed by atoms with E-state index < -0.39 is 0 Å². The fraction of sp³-hybridized carbons (Fsp3) is 0.545. The zero-order chi connectivity index (χ0) is 10.7. The first-order chi connectivity index (χ1) is 7.29. The van der Waals surface area contributed by atoms with Gasteiger partial charge in [0.2, 0.25) is 0 Å². The molecule has 1 aromatic heterocycles. The van der Waals surface area contributed by atoms with E-state index in [-0.39, 0.29) is 0 Å². The van der Waals surface area contributed by atoms with Crippen LogP contribution in [0.3, 0.4) is 0 Å². The second-order valence-electron chi connectivity index (χ2n) is 3.80. The molecule has 1 aliphatic heterocycles. The van der Waals surface area contributed by atoms with Crippen LogP contribution in [0, 0.1) is 0 Å². The third-order valence-electron chi connectivity index (χ3n) is 2.64. The van der Waals surface area contributed by atoms with Crippen molar-refractivity contribution in [2.24, 2.45) is 0 Å². The number of hydrogen-bond acceptors (Lipinski definition) is 3. The van der Waals surface area contributed by atoms with Crippen molar-refractivity contribution >= 4 is 21.6 Å². The number of aromatic nitrogens is 1. The average molecular weight is 271 g/mol. The van der Waals surface area contributed by atoms with Crippen LogP contribution >= 0.6 is 15.9 Å². The molecule has 0 bridgehead atoms. The van der Waals surface area contributed by atoms with Gasteiger partial charge in [-0.3, -0.25) is 4.98 Å². The standard InChI is InChI=1S/C11H15BrN2O/c1-9-8-15-6-2-5-14(9)11-3-4-13-7-10(11)12/h3-4,7,9H,2,5-6,8H2,1H3. The van der Waals surface area contributed by atoms with Crippen molar-refractivity contribution in [3.63, 3.8) is 0 Å². The van der Waals surface area contributed by atoms with E-state index in [1.807, 2.05) is 18.5 Å². The van der Waals surface area contributed by atoms with Crippen molar-refractivity contribution in [2.45, 2.75) is 19.4 Å². The highest BCUT2D eigenvalue weighted by molar-refractivity contribution is 9.10. The summed E-state index contributed by atoms with van der Waals surface area (Å²) in [6, 6.07) is 2.47. The number of pyridine rings is 1. The fourth-order valence-electron chi connectivity index (χ4n) is 1.86. The topological polar surface area (TPSA) is 25.4 Å². The Morgan fingerprint density at radius 2 is 2.47 bits per heavy atom. The molecule has 0 spiro atoms. The summed E-state index contributed by atoms with van der Waals surface area (Å²) in [4.78, 5) is 6.46. The number of nitrogens with zero attached hydrogens (tertiary/aromatic N) is 2. The summed E-state index contributed by atoms with van der Waals surface area (Å²) >= 11 is 3.54. The van der Waals surface area contributed by atoms with Crippen molar-refractivity contribution in [2.75, 3.05) is 24.7 Å². The molecule has 15 heavy (non-hydrogen) atoms. The van der Waals surface area contributed by atoms with E-state index in [0.29, 0.717) is 6.04 Å². The van der Waals surface area contributed by atoms with E-state index >= 15 is 0 Å². The molecule has 0 N–H and O–H groups in total. The Morgan fingerprint density at radius 1 is 1.60 bits per heavy atom. The number of halogens is 1. The van der Waals surface area contributed by atoms with Gasteiger partial charge in [-0.1, -0.05) is 0 Å². The largest absolute Gasteiger partial charge is 0.379 e. The predicted octanol–water partition coefficient (Wildman–Crippen LogP) is 2.46. The summed E-state index contributed by atoms with van der Waals surface area (Å²) in [5, 5.41) is 0. The van der Waals surface area contributed by atoms with Crippen LogP contribution in [0.1, 0.15) is 13.3 Å². The molecule has 0 radical (unpaired) electrons. The second kappa shape index (κ2) is 4.94. The first kappa shape index (κ1) is 10.9. The lowest BCUT2D eigenvalue weighted by atomic mass is 10.2. The Balaban J connectivity index is 2.24. The minimum absolute atomic E-state index is 0.422. The van der Waals surface area contributed by atoms with Gasteiger partial charge in [-0.15, -0.1) is 0 Å². The van der Waals surface area contributed by atoms with Crippen molar-refractivity contribution < 1.29 is 4.74 Å². The van der Waals surface area contributed by atoms with Crippen molar-refractivity contribution in [3.8, 4) is 0 Å². The molecule has 4 heteroatoms. The SMILES string of the molecule is CC1COCCCN1c1ccncc1Br. The van der Waals surface area contributed by atoms with E-state index in [0.717, 1.165) is 30.7 Å². The van der Waals surface area contributed by atoms with Gasteiger partial charge in [0.1, 0.15) is 0 Å². The normalized spacial score (nSPS) is 22.5. The Morgan fingerprint density at radius 3 is 3.27 bits per heavy atom. The number of rotatable bonds is 1. The summed E-state index contributed by atoms with van der Waals surface area (Å²) in [7, 11) is 0. The zero-order valence-corrected chi connectivity index (χ0v) is 10.4. The molecule has 82 valence electrons. The van der Waals surface area contributed by atoms with Gasteiger partial charge in [-0.2, -0.15) is 0 Å². The highest BCUT2D eigenvalue weighted by Gasteiger charge is 2.19. The summed E-state index contributed by atoms with van der Waals surface area (Å²) in [6.45, 7) is 4.90. The molecule has 1 fully saturated rings. The average Bonchev–Trinajstić information content (AvgIpc) is 2.44. The van der Waals surface area contributed by atoms with E-state index in [2.05, 4.69) is 32.7 Å². The van der Waals surface area contributed by atoms with Gasteiger partial charge in [0, 0.05) is 31.6 Å². The molecule has 0 amide bonds. The summed E-state index contributed by atoms with van der Waals surface area (Å²) in [5.41, 5.74) is 1.21. The maximum Gasteiger partial charge on any atom is 0.0667 e. The van der Waals surface area contributed by atoms with Crippen LogP contribution in [0.15, 0.2) is 22.9 Å². The molecular weight excluding hydrogens is 256 g/mol. The van der Waals surface area contributed by atoms with Crippen LogP contribution in [-0.4, -0.2) is 30.8 Å². The lowest BCUT2D eigenvalue weighted by Gasteiger charge is -2.29. The smallest absolute Gasteiger partial charge is 0.0667 e. The van der Waals surface area contributed by atoms with Gasteiger partial charge in [0.05, 0.1) is 16.8 Å². The predicted molar refractivity (Wildman–Crippen MR) is 64.2 cm³/mol. The van der Waals surface area contributed by atoms with Crippen molar-refractivity contribution in [1.29, 1.82) is 0 Å². The maximum absolute atomic E-state index is 5.53. The van der Waals surface area contributed by atoms with E-state index in [1.54, 1.807) is 0 Å². The quantitative estimate of drug-likeness (QED) is 0.784. The third-order valence-corrected chi connectivity index (χ3v) is 3.25. The molecule has 1 unspecified atom stereocenters. The molecule has 2 rings (SSSR count). The minimum Gasteiger partial charge on any atom is -0.379 e. The second-order valence-corrected chi connectivity index (χ2v) is 4.65. The van der Waals surface area contributed by atoms with Crippen molar-refractivity contribution in [3.05, 3.63) is 22.9 Å². The molecule has 1 aliphatic rings. The van der Waals surface area contributed by atoms with Gasteiger partial charge in [0.15, 0.2) is 0 Å². The van der Waals surface area contributed by atoms with Crippen LogP contribution in [0.4, 0.5) is 5.69 Å². The monoisotopic (exact) mass is 270 g/mol. The van der Waals surface area contributed by atoms with E-state index in [1.165, 1.54) is 5.69 Å². The van der Waals surface area contributed by atoms with Crippen LogP contribution in [0.25, 0.3) is 0 Å². The fourth-order valence-corrected chi connectivity index (χ4v) is 2.34. The molecular formula is C11H15BrN2O. The number of hydrogen-bond donors (Lipinski definition) is 0. The first-order valence-electron chi connectivity index (χ1n) is 5.23. The number of ether oxygens (including phenoxy) is 1. The molecule has 3 nitrogen and oxygen atoms in total. The highest BCUT2D eigenvalue weighted by atomic mass is 79.9. The Bertz CT molecular complexity index is 332. The molecule has 0 aromatic carbocycles. The Hall–Kier alpha value is -0.610. The maximum atomic E-state index is 5.53. The molecule has 1 atom stereocenters. The van der Waals surface area contributed by atoms with Crippen LogP contribution in [0.2, 0.25) is 0 Å². The van der Waals surface area contributed by atoms with Crippen LogP contribution in [-0.2, 0) is 4.74 Å². The molecule has 2 heterocycles. The van der Waals surface area contributed by atoms with Gasteiger partial charge >= 0.3 is 0 Å². The van der Waals surface area contributed by atoms with E-state index in [9.17, 15) is 0 Å². The third kappa shape index (κ3) is 2.49. The Labute approximate surface area is 98.6 Å². The van der Waals surface area contributed by atoms with Crippen molar-refractivity contribution in [1.82, 2.24) is 4.98 Å². The highest BCUT2D eigenvalue weighted by Crippen LogP contribution is 2.27. The van der Waals surface area contributed by atoms with Crippen LogP contribution in [0.5, 0.6) is 0 Å². The molecule has 1 saturated heterocycles. The lowest BCUT2D eigenvalue weighted by Crippen LogP contribution is -2.35. The van der Waals surface area contributed by atoms with Gasteiger partial charge in [-0.05, 0) is 35.3 Å². The van der Waals surface area contributed by atoms with Gasteiger partial charge < -0.3 is 9.64 Å². The van der Waals surface area contributed by atoms with Gasteiger partial charge in [0.25, 0.3) is 0 Å². The summed E-state index contributed by atoms with van der Waals surface area (Å²) in [6.07, 6.45) is 4.76. The lowest BCUT2D eigenvalue weighted by molar-refractivity contribution is 0.137. The summed E-state index contributed by atoms with van der Waals surface area (Å²) < 4.78 is 6.58. The minimum atomic E-state index is 0.422. The molecule has 0 saturated carbocycles. The Kier molecular flexibility index (Phi) is 3.59. The van der Waals surface area contributed by atoms with Crippen LogP contribution < -0.4 is 4.90 Å². The number of anilines is 1. The first-order valence-corrected chi connectivity index (χ1v) is 6.02. The summed E-state index contributed by atoms with van der Waals surface area (Å²) in [5.74, 6) is 0. The molecule has 0 aliphatic carbocycles. The zero-order valence-electron chi connectivity index (χ0n) is 8.82. The van der Waals surface area contributed by atoms with Gasteiger partial charge in [-0.25, -0.2) is 0 Å². The molecule has 1 aromatic rings.